The highest BCUT2D eigenvalue weighted by Crippen LogP contribution is 2.10. The number of hydrogen-bond acceptors (Lipinski definition) is 5. The zero-order chi connectivity index (χ0) is 12.2. The third-order valence-electron chi connectivity index (χ3n) is 2.10. The molecule has 88 valence electrons. The van der Waals surface area contributed by atoms with E-state index in [2.05, 4.69) is 20.8 Å². The van der Waals surface area contributed by atoms with Gasteiger partial charge in [0.05, 0.1) is 0 Å². The van der Waals surface area contributed by atoms with Gasteiger partial charge in [0.15, 0.2) is 5.69 Å². The van der Waals surface area contributed by atoms with E-state index in [0.29, 0.717) is 18.1 Å². The van der Waals surface area contributed by atoms with Gasteiger partial charge in [-0.05, 0) is 26.0 Å². The summed E-state index contributed by atoms with van der Waals surface area (Å²) in [5.74, 6) is 0.347. The molecule has 0 atom stereocenters. The summed E-state index contributed by atoms with van der Waals surface area (Å²) < 4.78 is 0. The summed E-state index contributed by atoms with van der Waals surface area (Å²) in [6.45, 7) is 4.40. The van der Waals surface area contributed by atoms with Crippen LogP contribution in [-0.4, -0.2) is 35.2 Å². The molecule has 0 bridgehead atoms. The largest absolute Gasteiger partial charge is 0.362 e. The summed E-state index contributed by atoms with van der Waals surface area (Å²) in [6.07, 6.45) is 0. The highest BCUT2D eigenvalue weighted by Gasteiger charge is 2.15. The highest BCUT2D eigenvalue weighted by atomic mass is 16.1. The zero-order valence-electron chi connectivity index (χ0n) is 9.74. The predicted octanol–water partition coefficient (Wildman–Crippen LogP) is -0.0146. The lowest BCUT2D eigenvalue weighted by Crippen LogP contribution is -2.39. The first kappa shape index (κ1) is 12.4. The van der Waals surface area contributed by atoms with Gasteiger partial charge < -0.3 is 16.4 Å². The molecule has 6 nitrogen and oxygen atoms in total. The van der Waals surface area contributed by atoms with E-state index in [1.807, 2.05) is 13.8 Å². The maximum Gasteiger partial charge on any atom is 0.271 e. The van der Waals surface area contributed by atoms with Crippen LogP contribution in [0, 0.1) is 0 Å². The van der Waals surface area contributed by atoms with E-state index < -0.39 is 0 Å². The van der Waals surface area contributed by atoms with Gasteiger partial charge in [-0.15, -0.1) is 10.2 Å². The Morgan fingerprint density at radius 2 is 2.12 bits per heavy atom. The first-order valence-corrected chi connectivity index (χ1v) is 5.02. The lowest BCUT2D eigenvalue weighted by Gasteiger charge is -2.24. The summed E-state index contributed by atoms with van der Waals surface area (Å²) in [6, 6.07) is 3.32. The third-order valence-corrected chi connectivity index (χ3v) is 2.10. The van der Waals surface area contributed by atoms with E-state index in [-0.39, 0.29) is 11.4 Å². The Morgan fingerprint density at radius 3 is 2.56 bits per heavy atom. The molecule has 1 heterocycles. The Bertz CT molecular complexity index is 360. The average molecular weight is 223 g/mol. The van der Waals surface area contributed by atoms with E-state index >= 15 is 0 Å². The fraction of sp³-hybridized carbons (Fsp3) is 0.500. The van der Waals surface area contributed by atoms with Crippen molar-refractivity contribution < 1.29 is 4.79 Å². The lowest BCUT2D eigenvalue weighted by atomic mass is 10.1. The molecule has 1 aromatic rings. The summed E-state index contributed by atoms with van der Waals surface area (Å²) >= 11 is 0. The van der Waals surface area contributed by atoms with E-state index in [9.17, 15) is 4.79 Å². The fourth-order valence-electron chi connectivity index (χ4n) is 1.05. The predicted molar refractivity (Wildman–Crippen MR) is 62.2 cm³/mol. The number of nitrogens with one attached hydrogen (secondary N) is 2. The van der Waals surface area contributed by atoms with Crippen molar-refractivity contribution in [2.45, 2.75) is 19.4 Å². The van der Waals surface area contributed by atoms with E-state index in [4.69, 9.17) is 5.73 Å². The van der Waals surface area contributed by atoms with E-state index in [1.165, 1.54) is 0 Å². The number of aromatic nitrogens is 2. The minimum Gasteiger partial charge on any atom is -0.362 e. The van der Waals surface area contributed by atoms with Crippen LogP contribution in [-0.2, 0) is 0 Å². The topological polar surface area (TPSA) is 92.9 Å². The van der Waals surface area contributed by atoms with Crippen LogP contribution in [0.25, 0.3) is 0 Å². The number of carbonyl (C=O) groups is 1. The van der Waals surface area contributed by atoms with Gasteiger partial charge in [0.1, 0.15) is 5.82 Å². The second kappa shape index (κ2) is 4.89. The van der Waals surface area contributed by atoms with Gasteiger partial charge in [-0.2, -0.15) is 0 Å². The van der Waals surface area contributed by atoms with Crippen LogP contribution in [0.2, 0.25) is 0 Å². The van der Waals surface area contributed by atoms with E-state index in [0.717, 1.165) is 0 Å². The van der Waals surface area contributed by atoms with Gasteiger partial charge in [-0.3, -0.25) is 4.79 Å². The Morgan fingerprint density at radius 1 is 1.44 bits per heavy atom. The minimum atomic E-state index is -0.253. The Balaban J connectivity index is 2.76. The van der Waals surface area contributed by atoms with Crippen molar-refractivity contribution in [3.05, 3.63) is 17.8 Å². The van der Waals surface area contributed by atoms with Crippen molar-refractivity contribution >= 4 is 11.7 Å². The van der Waals surface area contributed by atoms with Crippen LogP contribution in [0.5, 0.6) is 0 Å². The van der Waals surface area contributed by atoms with Gasteiger partial charge in [0, 0.05) is 19.1 Å². The smallest absolute Gasteiger partial charge is 0.271 e. The first-order chi connectivity index (χ1) is 7.48. The molecule has 0 spiro atoms. The molecule has 0 aliphatic heterocycles. The molecule has 0 radical (unpaired) electrons. The first-order valence-electron chi connectivity index (χ1n) is 5.02. The SMILES string of the molecule is CNC(=O)c1ccc(NC(C)(C)CN)nn1. The number of nitrogens with zero attached hydrogens (tertiary/aromatic N) is 2. The molecule has 0 saturated carbocycles. The van der Waals surface area contributed by atoms with Gasteiger partial charge in [0.2, 0.25) is 0 Å². The fourth-order valence-corrected chi connectivity index (χ4v) is 1.05. The summed E-state index contributed by atoms with van der Waals surface area (Å²) in [4.78, 5) is 11.2. The van der Waals surface area contributed by atoms with Gasteiger partial charge in [-0.25, -0.2) is 0 Å². The summed E-state index contributed by atoms with van der Waals surface area (Å²) in [7, 11) is 1.55. The molecule has 0 saturated heterocycles. The molecule has 1 rings (SSSR count). The van der Waals surface area contributed by atoms with Gasteiger partial charge >= 0.3 is 0 Å². The molecule has 0 aliphatic rings. The number of anilines is 1. The molecule has 1 aromatic heterocycles. The van der Waals surface area contributed by atoms with E-state index in [1.54, 1.807) is 19.2 Å². The quantitative estimate of drug-likeness (QED) is 0.667. The number of hydrogen-bond donors (Lipinski definition) is 3. The molecule has 6 heteroatoms. The van der Waals surface area contributed by atoms with Crippen molar-refractivity contribution in [1.29, 1.82) is 0 Å². The Labute approximate surface area is 94.6 Å². The lowest BCUT2D eigenvalue weighted by molar-refractivity contribution is 0.0957. The summed E-state index contributed by atoms with van der Waals surface area (Å²) in [5, 5.41) is 13.3. The van der Waals surface area contributed by atoms with Crippen LogP contribution in [0.15, 0.2) is 12.1 Å². The molecular formula is C10H17N5O. The molecule has 0 fully saturated rings. The van der Waals surface area contributed by atoms with Crippen molar-refractivity contribution in [3.8, 4) is 0 Å². The molecule has 0 unspecified atom stereocenters. The molecule has 4 N–H and O–H groups in total. The standard InChI is InChI=1S/C10H17N5O/c1-10(2,6-11)13-8-5-4-7(14-15-8)9(16)12-3/h4-5H,6,11H2,1-3H3,(H,12,16)(H,13,15). The average Bonchev–Trinajstić information content (AvgIpc) is 2.28. The Kier molecular flexibility index (Phi) is 3.78. The van der Waals surface area contributed by atoms with Crippen molar-refractivity contribution in [1.82, 2.24) is 15.5 Å². The maximum atomic E-state index is 11.2. The molecule has 0 aliphatic carbocycles. The van der Waals surface area contributed by atoms with Crippen LogP contribution < -0.4 is 16.4 Å². The molecule has 1 amide bonds. The normalized spacial score (nSPS) is 11.0. The Hall–Kier alpha value is -1.69. The minimum absolute atomic E-state index is 0.247. The van der Waals surface area contributed by atoms with Crippen molar-refractivity contribution in [3.63, 3.8) is 0 Å². The van der Waals surface area contributed by atoms with Gasteiger partial charge in [0.25, 0.3) is 5.91 Å². The molecular weight excluding hydrogens is 206 g/mol. The highest BCUT2D eigenvalue weighted by molar-refractivity contribution is 5.91. The third kappa shape index (κ3) is 3.16. The second-order valence-corrected chi connectivity index (χ2v) is 4.10. The van der Waals surface area contributed by atoms with Crippen LogP contribution >= 0.6 is 0 Å². The van der Waals surface area contributed by atoms with Crippen molar-refractivity contribution in [2.24, 2.45) is 5.73 Å². The monoisotopic (exact) mass is 223 g/mol. The van der Waals surface area contributed by atoms with Crippen molar-refractivity contribution in [2.75, 3.05) is 18.9 Å². The van der Waals surface area contributed by atoms with Crippen LogP contribution in [0.3, 0.4) is 0 Å². The number of amides is 1. The molecule has 0 aromatic carbocycles. The summed E-state index contributed by atoms with van der Waals surface area (Å²) in [5.41, 5.74) is 5.62. The number of carbonyl (C=O) groups excluding carboxylic acids is 1. The molecule has 16 heavy (non-hydrogen) atoms. The van der Waals surface area contributed by atoms with Crippen LogP contribution in [0.1, 0.15) is 24.3 Å². The van der Waals surface area contributed by atoms with Gasteiger partial charge in [-0.1, -0.05) is 0 Å². The zero-order valence-corrected chi connectivity index (χ0v) is 9.74. The maximum absolute atomic E-state index is 11.2. The number of nitrogens with two attached hydrogens (primary N) is 1. The number of rotatable bonds is 4. The van der Waals surface area contributed by atoms with Crippen LogP contribution in [0.4, 0.5) is 5.82 Å². The second-order valence-electron chi connectivity index (χ2n) is 4.10.